The number of nitrogens with zero attached hydrogens (tertiary/aromatic N) is 2. The molecule has 9 heteroatoms. The summed E-state index contributed by atoms with van der Waals surface area (Å²) in [5.74, 6) is -0.118. The number of sulfonamides is 1. The van der Waals surface area contributed by atoms with Gasteiger partial charge in [-0.3, -0.25) is 4.79 Å². The molecule has 1 atom stereocenters. The average Bonchev–Trinajstić information content (AvgIpc) is 2.95. The van der Waals surface area contributed by atoms with Gasteiger partial charge >= 0.3 is 0 Å². The van der Waals surface area contributed by atoms with E-state index in [0.717, 1.165) is 0 Å². The fraction of sp³-hybridized carbons (Fsp3) is 0.643. The minimum atomic E-state index is -3.34. The quantitative estimate of drug-likeness (QED) is 0.783. The lowest BCUT2D eigenvalue weighted by atomic mass is 10.0. The molecule has 0 radical (unpaired) electrons. The smallest absolute Gasteiger partial charge is 0.270 e. The van der Waals surface area contributed by atoms with Crippen LogP contribution in [0.25, 0.3) is 0 Å². The van der Waals surface area contributed by atoms with Crippen molar-refractivity contribution in [2.75, 3.05) is 52.3 Å². The number of morpholine rings is 1. The van der Waals surface area contributed by atoms with Crippen LogP contribution in [0.5, 0.6) is 0 Å². The summed E-state index contributed by atoms with van der Waals surface area (Å²) in [6, 6.07) is 3.49. The van der Waals surface area contributed by atoms with Crippen LogP contribution in [0.4, 0.5) is 0 Å². The molecular weight excluding hydrogens is 322 g/mol. The van der Waals surface area contributed by atoms with E-state index < -0.39 is 15.6 Å². The van der Waals surface area contributed by atoms with Gasteiger partial charge in [-0.05, 0) is 12.1 Å². The molecule has 1 amide bonds. The zero-order chi connectivity index (χ0) is 16.5. The summed E-state index contributed by atoms with van der Waals surface area (Å²) in [5.41, 5.74) is -0.309. The van der Waals surface area contributed by atoms with Crippen molar-refractivity contribution in [2.24, 2.45) is 0 Å². The molecule has 0 aliphatic carbocycles. The van der Waals surface area contributed by atoms with Crippen LogP contribution in [0.15, 0.2) is 18.3 Å². The lowest BCUT2D eigenvalue weighted by molar-refractivity contribution is -0.129. The van der Waals surface area contributed by atoms with Gasteiger partial charge in [-0.25, -0.2) is 8.42 Å². The monoisotopic (exact) mass is 343 g/mol. The second-order valence-electron chi connectivity index (χ2n) is 5.99. The van der Waals surface area contributed by atoms with Gasteiger partial charge in [0.15, 0.2) is 0 Å². The predicted molar refractivity (Wildman–Crippen MR) is 82.6 cm³/mol. The zero-order valence-corrected chi connectivity index (χ0v) is 13.8. The fourth-order valence-electron chi connectivity index (χ4n) is 2.99. The van der Waals surface area contributed by atoms with Crippen LogP contribution in [0.1, 0.15) is 10.5 Å². The van der Waals surface area contributed by atoms with E-state index in [2.05, 4.69) is 4.98 Å². The molecule has 2 aliphatic heterocycles. The Kier molecular flexibility index (Phi) is 4.45. The summed E-state index contributed by atoms with van der Waals surface area (Å²) in [4.78, 5) is 17.1. The van der Waals surface area contributed by atoms with Gasteiger partial charge in [-0.15, -0.1) is 0 Å². The highest BCUT2D eigenvalue weighted by atomic mass is 32.2. The summed E-state index contributed by atoms with van der Waals surface area (Å²) < 4.78 is 36.6. The third-order valence-corrected chi connectivity index (χ3v) is 5.40. The Labute approximate surface area is 135 Å². The summed E-state index contributed by atoms with van der Waals surface area (Å²) in [6.07, 6.45) is 2.88. The van der Waals surface area contributed by atoms with E-state index in [1.54, 1.807) is 23.2 Å². The SMILES string of the molecule is CS(=O)(=O)N1CCOC[C@]2(CN(C(=O)c3ccc[nH]3)CCO2)C1. The summed E-state index contributed by atoms with van der Waals surface area (Å²) in [7, 11) is -3.34. The van der Waals surface area contributed by atoms with E-state index in [4.69, 9.17) is 9.47 Å². The highest BCUT2D eigenvalue weighted by molar-refractivity contribution is 7.88. The van der Waals surface area contributed by atoms with Crippen LogP contribution >= 0.6 is 0 Å². The lowest BCUT2D eigenvalue weighted by Crippen LogP contribution is -2.60. The minimum Gasteiger partial charge on any atom is -0.377 e. The van der Waals surface area contributed by atoms with Gasteiger partial charge in [-0.1, -0.05) is 0 Å². The van der Waals surface area contributed by atoms with Crippen molar-refractivity contribution in [1.82, 2.24) is 14.2 Å². The normalized spacial score (nSPS) is 27.1. The van der Waals surface area contributed by atoms with E-state index in [0.29, 0.717) is 38.5 Å². The number of H-pyrrole nitrogens is 1. The standard InChI is InChI=1S/C14H21N3O5S/c1-23(19,20)17-6-7-21-11-14(10-17)9-16(5-8-22-14)13(18)12-3-2-4-15-12/h2-4,15H,5-11H2,1H3/t14-/m0/s1. The molecule has 0 aromatic carbocycles. The van der Waals surface area contributed by atoms with Crippen LogP contribution in [0, 0.1) is 0 Å². The number of hydrogen-bond acceptors (Lipinski definition) is 5. The summed E-state index contributed by atoms with van der Waals surface area (Å²) >= 11 is 0. The summed E-state index contributed by atoms with van der Waals surface area (Å²) in [6.45, 7) is 2.22. The first-order chi connectivity index (χ1) is 10.9. The molecule has 1 aromatic rings. The predicted octanol–water partition coefficient (Wildman–Crippen LogP) is -0.482. The van der Waals surface area contributed by atoms with Crippen LogP contribution < -0.4 is 0 Å². The van der Waals surface area contributed by atoms with Gasteiger partial charge in [0.05, 0.1) is 32.6 Å². The van der Waals surface area contributed by atoms with Crippen molar-refractivity contribution in [3.63, 3.8) is 0 Å². The molecule has 3 heterocycles. The van der Waals surface area contributed by atoms with Crippen molar-refractivity contribution in [3.8, 4) is 0 Å². The Morgan fingerprint density at radius 3 is 2.83 bits per heavy atom. The Bertz CT molecular complexity index is 660. The molecule has 2 fully saturated rings. The van der Waals surface area contributed by atoms with E-state index in [-0.39, 0.29) is 19.1 Å². The molecule has 0 unspecified atom stereocenters. The van der Waals surface area contributed by atoms with E-state index in [9.17, 15) is 13.2 Å². The number of ether oxygens (including phenoxy) is 2. The number of hydrogen-bond donors (Lipinski definition) is 1. The number of rotatable bonds is 2. The molecule has 0 saturated carbocycles. The van der Waals surface area contributed by atoms with Crippen LogP contribution in [0.3, 0.4) is 0 Å². The first kappa shape index (κ1) is 16.4. The number of carbonyl (C=O) groups excluding carboxylic acids is 1. The molecule has 1 aromatic heterocycles. The van der Waals surface area contributed by atoms with Gasteiger partial charge in [-0.2, -0.15) is 4.31 Å². The van der Waals surface area contributed by atoms with Gasteiger partial charge in [0.2, 0.25) is 10.0 Å². The van der Waals surface area contributed by atoms with Gasteiger partial charge in [0.25, 0.3) is 5.91 Å². The summed E-state index contributed by atoms with van der Waals surface area (Å²) in [5, 5.41) is 0. The number of aromatic amines is 1. The molecule has 2 aliphatic rings. The van der Waals surface area contributed by atoms with Crippen LogP contribution in [0.2, 0.25) is 0 Å². The number of amides is 1. The molecule has 3 rings (SSSR count). The average molecular weight is 343 g/mol. The molecular formula is C14H21N3O5S. The molecule has 8 nitrogen and oxygen atoms in total. The third-order valence-electron chi connectivity index (χ3n) is 4.15. The zero-order valence-electron chi connectivity index (χ0n) is 13.0. The minimum absolute atomic E-state index is 0.118. The maximum Gasteiger partial charge on any atom is 0.270 e. The van der Waals surface area contributed by atoms with E-state index in [1.807, 2.05) is 0 Å². The topological polar surface area (TPSA) is 91.9 Å². The number of nitrogens with one attached hydrogen (secondary N) is 1. The second-order valence-corrected chi connectivity index (χ2v) is 7.97. The highest BCUT2D eigenvalue weighted by Crippen LogP contribution is 2.24. The molecule has 1 N–H and O–H groups in total. The van der Waals surface area contributed by atoms with Crippen LogP contribution in [-0.4, -0.2) is 86.4 Å². The maximum absolute atomic E-state index is 12.5. The Hall–Kier alpha value is -1.42. The third kappa shape index (κ3) is 3.57. The molecule has 1 spiro atoms. The fourth-order valence-corrected chi connectivity index (χ4v) is 3.86. The largest absolute Gasteiger partial charge is 0.377 e. The maximum atomic E-state index is 12.5. The van der Waals surface area contributed by atoms with Crippen molar-refractivity contribution in [1.29, 1.82) is 0 Å². The molecule has 23 heavy (non-hydrogen) atoms. The second kappa shape index (κ2) is 6.23. The number of aromatic nitrogens is 1. The van der Waals surface area contributed by atoms with Crippen molar-refractivity contribution >= 4 is 15.9 Å². The van der Waals surface area contributed by atoms with E-state index >= 15 is 0 Å². The molecule has 2 saturated heterocycles. The highest BCUT2D eigenvalue weighted by Gasteiger charge is 2.43. The van der Waals surface area contributed by atoms with Crippen LogP contribution in [-0.2, 0) is 19.5 Å². The van der Waals surface area contributed by atoms with Gasteiger partial charge in [0.1, 0.15) is 11.3 Å². The first-order valence-electron chi connectivity index (χ1n) is 7.49. The number of carbonyl (C=O) groups is 1. The Morgan fingerprint density at radius 2 is 2.13 bits per heavy atom. The van der Waals surface area contributed by atoms with Crippen molar-refractivity contribution in [3.05, 3.63) is 24.0 Å². The van der Waals surface area contributed by atoms with Crippen molar-refractivity contribution < 1.29 is 22.7 Å². The van der Waals surface area contributed by atoms with Gasteiger partial charge in [0, 0.05) is 25.8 Å². The first-order valence-corrected chi connectivity index (χ1v) is 9.34. The molecule has 0 bridgehead atoms. The Morgan fingerprint density at radius 1 is 1.30 bits per heavy atom. The molecule has 128 valence electrons. The van der Waals surface area contributed by atoms with Gasteiger partial charge < -0.3 is 19.4 Å². The van der Waals surface area contributed by atoms with Crippen molar-refractivity contribution in [2.45, 2.75) is 5.60 Å². The van der Waals surface area contributed by atoms with E-state index in [1.165, 1.54) is 10.6 Å². The lowest BCUT2D eigenvalue weighted by Gasteiger charge is -2.42. The Balaban J connectivity index is 1.79.